The Morgan fingerprint density at radius 1 is 1.08 bits per heavy atom. The van der Waals surface area contributed by atoms with Crippen molar-refractivity contribution in [1.29, 1.82) is 0 Å². The molecule has 0 saturated carbocycles. The number of anilines is 1. The van der Waals surface area contributed by atoms with Crippen molar-refractivity contribution < 1.29 is 14.3 Å². The molecule has 2 aromatic rings. The van der Waals surface area contributed by atoms with Gasteiger partial charge >= 0.3 is 0 Å². The van der Waals surface area contributed by atoms with Crippen molar-refractivity contribution in [1.82, 2.24) is 5.32 Å². The zero-order chi connectivity index (χ0) is 18.9. The highest BCUT2D eigenvalue weighted by Gasteiger charge is 2.16. The molecule has 2 aromatic carbocycles. The number of rotatable bonds is 8. The summed E-state index contributed by atoms with van der Waals surface area (Å²) in [6.07, 6.45) is 0.331. The molecule has 0 heterocycles. The van der Waals surface area contributed by atoms with Gasteiger partial charge in [-0.3, -0.25) is 9.59 Å². The van der Waals surface area contributed by atoms with Crippen molar-refractivity contribution in [2.24, 2.45) is 0 Å². The lowest BCUT2D eigenvalue weighted by atomic mass is 10.1. The lowest BCUT2D eigenvalue weighted by molar-refractivity contribution is -0.122. The number of benzene rings is 2. The summed E-state index contributed by atoms with van der Waals surface area (Å²) in [5.74, 6) is -0.113. The quantitative estimate of drug-likeness (QED) is 0.793. The van der Waals surface area contributed by atoms with Crippen molar-refractivity contribution in [3.63, 3.8) is 0 Å². The number of amides is 2. The van der Waals surface area contributed by atoms with Gasteiger partial charge in [-0.05, 0) is 37.1 Å². The first kappa shape index (κ1) is 19.7. The minimum Gasteiger partial charge on any atom is -0.375 e. The standard InChI is InChI=1S/C21H26N2O3/c1-4-22-20(24)13-17-8-10-19(11-9-17)23(21(25)15-26-3)14-18-7-5-6-16(2)12-18/h5-12H,4,13-15H2,1-3H3,(H,22,24). The molecule has 0 atom stereocenters. The monoisotopic (exact) mass is 354 g/mol. The Bertz CT molecular complexity index is 741. The van der Waals surface area contributed by atoms with Gasteiger partial charge in [0.25, 0.3) is 5.91 Å². The minimum atomic E-state index is -0.106. The average molecular weight is 354 g/mol. The fourth-order valence-corrected chi connectivity index (χ4v) is 2.76. The van der Waals surface area contributed by atoms with E-state index in [0.29, 0.717) is 19.5 Å². The predicted octanol–water partition coefficient (Wildman–Crippen LogP) is 2.85. The zero-order valence-corrected chi connectivity index (χ0v) is 15.6. The smallest absolute Gasteiger partial charge is 0.253 e. The van der Waals surface area contributed by atoms with Crippen LogP contribution in [0.3, 0.4) is 0 Å². The second-order valence-electron chi connectivity index (χ2n) is 6.20. The van der Waals surface area contributed by atoms with Gasteiger partial charge in [-0.1, -0.05) is 42.0 Å². The average Bonchev–Trinajstić information content (AvgIpc) is 2.61. The Morgan fingerprint density at radius 2 is 1.81 bits per heavy atom. The van der Waals surface area contributed by atoms with Crippen molar-refractivity contribution in [2.45, 2.75) is 26.8 Å². The molecule has 0 aliphatic heterocycles. The van der Waals surface area contributed by atoms with Crippen LogP contribution in [0, 0.1) is 6.92 Å². The van der Waals surface area contributed by atoms with Crippen molar-refractivity contribution in [2.75, 3.05) is 25.2 Å². The van der Waals surface area contributed by atoms with Crippen LogP contribution in [-0.4, -0.2) is 32.1 Å². The number of methoxy groups -OCH3 is 1. The molecular formula is C21H26N2O3. The number of aryl methyl sites for hydroxylation is 1. The maximum absolute atomic E-state index is 12.5. The second-order valence-corrected chi connectivity index (χ2v) is 6.20. The molecule has 0 saturated heterocycles. The molecule has 5 heteroatoms. The van der Waals surface area contributed by atoms with E-state index in [2.05, 4.69) is 11.4 Å². The molecule has 0 unspecified atom stereocenters. The molecule has 26 heavy (non-hydrogen) atoms. The Balaban J connectivity index is 2.19. The topological polar surface area (TPSA) is 58.6 Å². The van der Waals surface area contributed by atoms with Crippen LogP contribution in [0.5, 0.6) is 0 Å². The van der Waals surface area contributed by atoms with Crippen LogP contribution < -0.4 is 10.2 Å². The van der Waals surface area contributed by atoms with Gasteiger partial charge in [0.15, 0.2) is 0 Å². The number of carbonyl (C=O) groups is 2. The van der Waals surface area contributed by atoms with E-state index in [1.165, 1.54) is 7.11 Å². The van der Waals surface area contributed by atoms with Gasteiger partial charge in [-0.25, -0.2) is 0 Å². The summed E-state index contributed by atoms with van der Waals surface area (Å²) in [6, 6.07) is 15.6. The SMILES string of the molecule is CCNC(=O)Cc1ccc(N(Cc2cccc(C)c2)C(=O)COC)cc1. The normalized spacial score (nSPS) is 10.4. The number of nitrogens with zero attached hydrogens (tertiary/aromatic N) is 1. The third-order valence-electron chi connectivity index (χ3n) is 3.98. The summed E-state index contributed by atoms with van der Waals surface area (Å²) < 4.78 is 5.03. The first-order valence-corrected chi connectivity index (χ1v) is 8.74. The Labute approximate surface area is 155 Å². The highest BCUT2D eigenvalue weighted by atomic mass is 16.5. The largest absolute Gasteiger partial charge is 0.375 e. The number of likely N-dealkylation sites (N-methyl/N-ethyl adjacent to an activating group) is 1. The minimum absolute atomic E-state index is 0.00711. The number of nitrogens with one attached hydrogen (secondary N) is 1. The molecule has 2 rings (SSSR count). The number of ether oxygens (including phenoxy) is 1. The van der Waals surface area contributed by atoms with Crippen molar-refractivity contribution in [3.8, 4) is 0 Å². The van der Waals surface area contributed by atoms with E-state index in [-0.39, 0.29) is 18.4 Å². The van der Waals surface area contributed by atoms with E-state index in [4.69, 9.17) is 4.74 Å². The maximum atomic E-state index is 12.5. The molecule has 138 valence electrons. The van der Waals surface area contributed by atoms with Gasteiger partial charge in [0.05, 0.1) is 13.0 Å². The third-order valence-corrected chi connectivity index (χ3v) is 3.98. The molecule has 1 N–H and O–H groups in total. The molecule has 0 aliphatic rings. The van der Waals surface area contributed by atoms with Gasteiger partial charge in [-0.2, -0.15) is 0 Å². The first-order chi connectivity index (χ1) is 12.5. The maximum Gasteiger partial charge on any atom is 0.253 e. The van der Waals surface area contributed by atoms with E-state index in [1.54, 1.807) is 4.90 Å². The molecule has 5 nitrogen and oxygen atoms in total. The van der Waals surface area contributed by atoms with Gasteiger partial charge in [0.2, 0.25) is 5.91 Å². The lowest BCUT2D eigenvalue weighted by Gasteiger charge is -2.23. The zero-order valence-electron chi connectivity index (χ0n) is 15.6. The van der Waals surface area contributed by atoms with Crippen LogP contribution in [0.4, 0.5) is 5.69 Å². The van der Waals surface area contributed by atoms with Crippen molar-refractivity contribution in [3.05, 3.63) is 65.2 Å². The third kappa shape index (κ3) is 5.70. The summed E-state index contributed by atoms with van der Waals surface area (Å²) in [4.78, 5) is 25.9. The molecule has 0 spiro atoms. The van der Waals surface area contributed by atoms with Crippen LogP contribution in [0.2, 0.25) is 0 Å². The molecule has 0 fully saturated rings. The highest BCUT2D eigenvalue weighted by molar-refractivity contribution is 5.94. The number of hydrogen-bond donors (Lipinski definition) is 1. The molecule has 2 amide bonds. The Morgan fingerprint density at radius 3 is 2.42 bits per heavy atom. The van der Waals surface area contributed by atoms with Gasteiger partial charge in [0.1, 0.15) is 6.61 Å². The summed E-state index contributed by atoms with van der Waals surface area (Å²) in [6.45, 7) is 5.03. The van der Waals surface area contributed by atoms with E-state index in [0.717, 1.165) is 22.4 Å². The number of hydrogen-bond acceptors (Lipinski definition) is 3. The fraction of sp³-hybridized carbons (Fsp3) is 0.333. The van der Waals surface area contributed by atoms with E-state index in [9.17, 15) is 9.59 Å². The summed E-state index contributed by atoms with van der Waals surface area (Å²) in [5.41, 5.74) is 3.90. The van der Waals surface area contributed by atoms with Gasteiger partial charge in [-0.15, -0.1) is 0 Å². The number of carbonyl (C=O) groups excluding carboxylic acids is 2. The summed E-state index contributed by atoms with van der Waals surface area (Å²) >= 11 is 0. The molecule has 0 radical (unpaired) electrons. The highest BCUT2D eigenvalue weighted by Crippen LogP contribution is 2.19. The predicted molar refractivity (Wildman–Crippen MR) is 103 cm³/mol. The molecule has 0 aliphatic carbocycles. The van der Waals surface area contributed by atoms with E-state index >= 15 is 0 Å². The van der Waals surface area contributed by atoms with Crippen LogP contribution in [0.1, 0.15) is 23.6 Å². The van der Waals surface area contributed by atoms with Crippen LogP contribution in [0.15, 0.2) is 48.5 Å². The van der Waals surface area contributed by atoms with Gasteiger partial charge < -0.3 is 15.0 Å². The van der Waals surface area contributed by atoms with Crippen molar-refractivity contribution >= 4 is 17.5 Å². The molecular weight excluding hydrogens is 328 g/mol. The molecule has 0 bridgehead atoms. The Kier molecular flexibility index (Phi) is 7.36. The fourth-order valence-electron chi connectivity index (χ4n) is 2.76. The van der Waals surface area contributed by atoms with E-state index in [1.807, 2.05) is 56.3 Å². The first-order valence-electron chi connectivity index (χ1n) is 8.74. The summed E-state index contributed by atoms with van der Waals surface area (Å²) in [5, 5.41) is 2.78. The van der Waals surface area contributed by atoms with E-state index < -0.39 is 0 Å². The van der Waals surface area contributed by atoms with Crippen LogP contribution in [-0.2, 0) is 27.3 Å². The summed E-state index contributed by atoms with van der Waals surface area (Å²) in [7, 11) is 1.51. The van der Waals surface area contributed by atoms with Gasteiger partial charge in [0, 0.05) is 19.3 Å². The van der Waals surface area contributed by atoms with Crippen LogP contribution >= 0.6 is 0 Å². The Hall–Kier alpha value is -2.66. The van der Waals surface area contributed by atoms with Crippen LogP contribution in [0.25, 0.3) is 0 Å². The lowest BCUT2D eigenvalue weighted by Crippen LogP contribution is -2.33. The second kappa shape index (κ2) is 9.73. The molecule has 0 aromatic heterocycles.